The Hall–Kier alpha value is -3.09. The van der Waals surface area contributed by atoms with Gasteiger partial charge in [-0.05, 0) is 26.3 Å². The maximum Gasteiger partial charge on any atom is 0.295 e. The van der Waals surface area contributed by atoms with Crippen LogP contribution in [0.25, 0.3) is 16.9 Å². The summed E-state index contributed by atoms with van der Waals surface area (Å²) in [6.45, 7) is 10.3. The summed E-state index contributed by atoms with van der Waals surface area (Å²) in [4.78, 5) is 29.4. The van der Waals surface area contributed by atoms with Gasteiger partial charge in [-0.1, -0.05) is 13.0 Å². The number of nitrogens with zero attached hydrogens (tertiary/aromatic N) is 3. The molecule has 1 amide bonds. The molecule has 3 heterocycles. The highest BCUT2D eigenvalue weighted by atomic mass is 16.3. The Morgan fingerprint density at radius 3 is 2.77 bits per heavy atom. The van der Waals surface area contributed by atoms with E-state index in [1.54, 1.807) is 27.4 Å². The molecule has 0 radical (unpaired) electrons. The van der Waals surface area contributed by atoms with Crippen LogP contribution in [0, 0.1) is 13.8 Å². The van der Waals surface area contributed by atoms with E-state index in [9.17, 15) is 9.59 Å². The standard InChI is InChI=1S/C19H22N4O3/c1-5-7-20-18(24)15-10-22-11-16(14-9-12(3)26-13(14)4)23(8-6-2)19(25)17(22)21-15/h6,9-11H,2,5,7-8H2,1,3-4H3,(H,20,24). The third-order valence-electron chi connectivity index (χ3n) is 4.12. The summed E-state index contributed by atoms with van der Waals surface area (Å²) >= 11 is 0. The van der Waals surface area contributed by atoms with Crippen LogP contribution < -0.4 is 10.9 Å². The van der Waals surface area contributed by atoms with Crippen LogP contribution in [-0.4, -0.2) is 26.4 Å². The molecule has 26 heavy (non-hydrogen) atoms. The van der Waals surface area contributed by atoms with E-state index < -0.39 is 0 Å². The maximum absolute atomic E-state index is 13.0. The van der Waals surface area contributed by atoms with E-state index in [2.05, 4.69) is 16.9 Å². The van der Waals surface area contributed by atoms with E-state index in [1.165, 1.54) is 0 Å². The third-order valence-corrected chi connectivity index (χ3v) is 4.12. The number of fused-ring (bicyclic) bond motifs is 1. The average Bonchev–Trinajstić information content (AvgIpc) is 3.18. The van der Waals surface area contributed by atoms with Crippen LogP contribution in [0.5, 0.6) is 0 Å². The molecule has 3 aromatic rings. The van der Waals surface area contributed by atoms with Crippen molar-refractivity contribution in [2.24, 2.45) is 0 Å². The second kappa shape index (κ2) is 7.03. The van der Waals surface area contributed by atoms with Gasteiger partial charge in [-0.25, -0.2) is 4.98 Å². The molecule has 3 aromatic heterocycles. The van der Waals surface area contributed by atoms with Gasteiger partial charge < -0.3 is 9.73 Å². The van der Waals surface area contributed by atoms with E-state index in [0.29, 0.717) is 18.8 Å². The molecule has 0 atom stereocenters. The molecule has 0 saturated carbocycles. The zero-order chi connectivity index (χ0) is 18.8. The highest BCUT2D eigenvalue weighted by Crippen LogP contribution is 2.26. The highest BCUT2D eigenvalue weighted by molar-refractivity contribution is 5.92. The van der Waals surface area contributed by atoms with Gasteiger partial charge in [0.2, 0.25) is 5.65 Å². The normalized spacial score (nSPS) is 11.0. The highest BCUT2D eigenvalue weighted by Gasteiger charge is 2.18. The minimum atomic E-state index is -0.290. The number of hydrogen-bond donors (Lipinski definition) is 1. The van der Waals surface area contributed by atoms with E-state index in [0.717, 1.165) is 23.5 Å². The molecule has 136 valence electrons. The van der Waals surface area contributed by atoms with Gasteiger partial charge in [0.1, 0.15) is 17.2 Å². The predicted molar refractivity (Wildman–Crippen MR) is 99.4 cm³/mol. The van der Waals surface area contributed by atoms with Gasteiger partial charge in [0, 0.05) is 31.0 Å². The molecule has 0 aromatic carbocycles. The van der Waals surface area contributed by atoms with Gasteiger partial charge in [-0.15, -0.1) is 6.58 Å². The summed E-state index contributed by atoms with van der Waals surface area (Å²) in [5.74, 6) is 1.20. The number of rotatable bonds is 6. The quantitative estimate of drug-likeness (QED) is 0.690. The fraction of sp³-hybridized carbons (Fsp3) is 0.316. The molecule has 0 aliphatic carbocycles. The number of aryl methyl sites for hydroxylation is 2. The van der Waals surface area contributed by atoms with E-state index in [1.807, 2.05) is 26.8 Å². The molecular weight excluding hydrogens is 332 g/mol. The minimum absolute atomic E-state index is 0.204. The molecular formula is C19H22N4O3. The molecule has 3 rings (SSSR count). The van der Waals surface area contributed by atoms with Crippen LogP contribution >= 0.6 is 0 Å². The Balaban J connectivity index is 2.20. The number of nitrogens with one attached hydrogen (secondary N) is 1. The second-order valence-corrected chi connectivity index (χ2v) is 6.16. The maximum atomic E-state index is 13.0. The van der Waals surface area contributed by atoms with Gasteiger partial charge in [0.25, 0.3) is 11.5 Å². The van der Waals surface area contributed by atoms with E-state index in [-0.39, 0.29) is 22.8 Å². The van der Waals surface area contributed by atoms with Crippen LogP contribution in [-0.2, 0) is 6.54 Å². The Morgan fingerprint density at radius 2 is 2.15 bits per heavy atom. The number of hydrogen-bond acceptors (Lipinski definition) is 4. The number of imidazole rings is 1. The summed E-state index contributed by atoms with van der Waals surface area (Å²) in [6.07, 6.45) is 5.85. The number of carbonyl (C=O) groups excluding carboxylic acids is 1. The van der Waals surface area contributed by atoms with Crippen molar-refractivity contribution in [2.75, 3.05) is 6.54 Å². The lowest BCUT2D eigenvalue weighted by Crippen LogP contribution is -2.25. The molecule has 1 N–H and O–H groups in total. The zero-order valence-electron chi connectivity index (χ0n) is 15.2. The largest absolute Gasteiger partial charge is 0.466 e. The van der Waals surface area contributed by atoms with Gasteiger partial charge in [-0.2, -0.15) is 0 Å². The Bertz CT molecular complexity index is 1040. The predicted octanol–water partition coefficient (Wildman–Crippen LogP) is 2.70. The van der Waals surface area contributed by atoms with E-state index in [4.69, 9.17) is 4.42 Å². The SMILES string of the molecule is C=CCn1c(-c2cc(C)oc2C)cn2cc(C(=O)NCCC)nc2c1=O. The summed E-state index contributed by atoms with van der Waals surface area (Å²) in [5, 5.41) is 2.77. The number of aromatic nitrogens is 3. The summed E-state index contributed by atoms with van der Waals surface area (Å²) in [6, 6.07) is 1.89. The summed E-state index contributed by atoms with van der Waals surface area (Å²) < 4.78 is 8.79. The molecule has 0 fully saturated rings. The first-order valence-corrected chi connectivity index (χ1v) is 8.55. The van der Waals surface area contributed by atoms with Gasteiger partial charge in [-0.3, -0.25) is 18.6 Å². The number of carbonyl (C=O) groups is 1. The van der Waals surface area contributed by atoms with Gasteiger partial charge in [0.05, 0.1) is 5.69 Å². The Morgan fingerprint density at radius 1 is 1.38 bits per heavy atom. The first kappa shape index (κ1) is 17.7. The van der Waals surface area contributed by atoms with Crippen LogP contribution in [0.3, 0.4) is 0 Å². The van der Waals surface area contributed by atoms with Crippen molar-refractivity contribution in [3.05, 3.63) is 58.7 Å². The third kappa shape index (κ3) is 3.08. The van der Waals surface area contributed by atoms with Crippen molar-refractivity contribution < 1.29 is 9.21 Å². The lowest BCUT2D eigenvalue weighted by Gasteiger charge is -2.11. The lowest BCUT2D eigenvalue weighted by molar-refractivity contribution is 0.0949. The fourth-order valence-electron chi connectivity index (χ4n) is 2.93. The molecule has 0 spiro atoms. The molecule has 7 heteroatoms. The average molecular weight is 354 g/mol. The molecule has 0 bridgehead atoms. The van der Waals surface area contributed by atoms with Crippen LogP contribution in [0.2, 0.25) is 0 Å². The van der Waals surface area contributed by atoms with Gasteiger partial charge in [0.15, 0.2) is 0 Å². The second-order valence-electron chi connectivity index (χ2n) is 6.16. The summed E-state index contributed by atoms with van der Waals surface area (Å²) in [5.41, 5.74) is 1.66. The molecule has 7 nitrogen and oxygen atoms in total. The van der Waals surface area contributed by atoms with E-state index >= 15 is 0 Å². The van der Waals surface area contributed by atoms with Crippen molar-refractivity contribution in [2.45, 2.75) is 33.7 Å². The molecule has 0 aliphatic rings. The molecule has 0 unspecified atom stereocenters. The van der Waals surface area contributed by atoms with Crippen LogP contribution in [0.15, 0.2) is 40.3 Å². The van der Waals surface area contributed by atoms with Crippen molar-refractivity contribution in [3.63, 3.8) is 0 Å². The Labute approximate surface area is 151 Å². The smallest absolute Gasteiger partial charge is 0.295 e. The number of amides is 1. The van der Waals surface area contributed by atoms with Crippen molar-refractivity contribution in [1.82, 2.24) is 19.3 Å². The van der Waals surface area contributed by atoms with Gasteiger partial charge >= 0.3 is 0 Å². The van der Waals surface area contributed by atoms with Crippen molar-refractivity contribution in [1.29, 1.82) is 0 Å². The Kier molecular flexibility index (Phi) is 4.79. The molecule has 0 aliphatic heterocycles. The van der Waals surface area contributed by atoms with Crippen molar-refractivity contribution >= 4 is 11.6 Å². The van der Waals surface area contributed by atoms with Crippen LogP contribution in [0.4, 0.5) is 0 Å². The summed E-state index contributed by atoms with van der Waals surface area (Å²) in [7, 11) is 0. The number of furan rings is 1. The van der Waals surface area contributed by atoms with Crippen LogP contribution in [0.1, 0.15) is 35.4 Å². The lowest BCUT2D eigenvalue weighted by atomic mass is 10.2. The first-order valence-electron chi connectivity index (χ1n) is 8.55. The molecule has 0 saturated heterocycles. The minimum Gasteiger partial charge on any atom is -0.466 e. The number of allylic oxidation sites excluding steroid dienone is 1. The topological polar surface area (TPSA) is 81.5 Å². The van der Waals surface area contributed by atoms with Crippen molar-refractivity contribution in [3.8, 4) is 11.3 Å². The zero-order valence-corrected chi connectivity index (χ0v) is 15.2. The fourth-order valence-corrected chi connectivity index (χ4v) is 2.93. The first-order chi connectivity index (χ1) is 12.5. The monoisotopic (exact) mass is 354 g/mol.